The number of nitrogens with zero attached hydrogens (tertiary/aromatic N) is 3. The lowest BCUT2D eigenvalue weighted by Crippen LogP contribution is -2.27. The molecule has 148 valence electrons. The maximum Gasteiger partial charge on any atom is 0.349 e. The standard InChI is InChI=1S/C24H14N4O3/c25-14-15-6-7-16-13-20-22(26-24(30)27-23(20)29)28(21(16)12-15)17-8-10-19(11-9-17)31-18-4-2-1-3-5-18/h1-13H,(H,27,29,30). The molecule has 31 heavy (non-hydrogen) atoms. The molecule has 1 N–H and O–H groups in total. The first-order valence-corrected chi connectivity index (χ1v) is 9.46. The summed E-state index contributed by atoms with van der Waals surface area (Å²) < 4.78 is 7.55. The lowest BCUT2D eigenvalue weighted by molar-refractivity contribution is 0.482. The van der Waals surface area contributed by atoms with E-state index in [0.717, 1.165) is 5.39 Å². The SMILES string of the molecule is N#Cc1ccc2cc3c(=O)[nH]c(=O)nc-3n(-c3ccc(Oc4ccccc4)cc3)c2c1. The number of hydrogen-bond acceptors (Lipinski definition) is 5. The zero-order chi connectivity index (χ0) is 21.4. The molecular formula is C24H14N4O3. The van der Waals surface area contributed by atoms with E-state index in [2.05, 4.69) is 16.0 Å². The minimum Gasteiger partial charge on any atom is -0.457 e. The van der Waals surface area contributed by atoms with Gasteiger partial charge in [0.25, 0.3) is 5.56 Å². The molecule has 0 aliphatic carbocycles. The second-order valence-corrected chi connectivity index (χ2v) is 6.88. The van der Waals surface area contributed by atoms with Crippen LogP contribution in [0.15, 0.2) is 88.5 Å². The Bertz CT molecular complexity index is 1550. The van der Waals surface area contributed by atoms with Crippen molar-refractivity contribution in [2.75, 3.05) is 0 Å². The number of benzene rings is 3. The maximum atomic E-state index is 12.4. The van der Waals surface area contributed by atoms with Crippen molar-refractivity contribution >= 4 is 10.9 Å². The zero-order valence-electron chi connectivity index (χ0n) is 16.1. The summed E-state index contributed by atoms with van der Waals surface area (Å²) in [6.07, 6.45) is 0. The third-order valence-corrected chi connectivity index (χ3v) is 4.90. The summed E-state index contributed by atoms with van der Waals surface area (Å²) >= 11 is 0. The minimum atomic E-state index is -0.730. The lowest BCUT2D eigenvalue weighted by atomic mass is 10.1. The van der Waals surface area contributed by atoms with Gasteiger partial charge in [0.05, 0.1) is 22.7 Å². The van der Waals surface area contributed by atoms with Crippen LogP contribution in [0.4, 0.5) is 0 Å². The highest BCUT2D eigenvalue weighted by Gasteiger charge is 2.18. The van der Waals surface area contributed by atoms with Gasteiger partial charge in [0.2, 0.25) is 0 Å². The van der Waals surface area contributed by atoms with Crippen LogP contribution in [0.2, 0.25) is 0 Å². The minimum absolute atomic E-state index is 0.216. The number of rotatable bonds is 3. The van der Waals surface area contributed by atoms with Crippen molar-refractivity contribution in [3.8, 4) is 34.6 Å². The highest BCUT2D eigenvalue weighted by molar-refractivity contribution is 5.88. The number of aromatic nitrogens is 3. The summed E-state index contributed by atoms with van der Waals surface area (Å²) in [7, 11) is 0. The molecule has 0 bridgehead atoms. The Morgan fingerprint density at radius 1 is 0.903 bits per heavy atom. The molecule has 0 saturated carbocycles. The van der Waals surface area contributed by atoms with Crippen molar-refractivity contribution in [1.29, 1.82) is 5.26 Å². The average Bonchev–Trinajstić information content (AvgIpc) is 2.79. The second-order valence-electron chi connectivity index (χ2n) is 6.88. The first-order chi connectivity index (χ1) is 15.1. The largest absolute Gasteiger partial charge is 0.457 e. The summed E-state index contributed by atoms with van der Waals surface area (Å²) in [5.74, 6) is 1.56. The average molecular weight is 406 g/mol. The van der Waals surface area contributed by atoms with Gasteiger partial charge in [-0.2, -0.15) is 10.2 Å². The Hall–Kier alpha value is -4.70. The number of para-hydroxylation sites is 1. The van der Waals surface area contributed by atoms with E-state index in [9.17, 15) is 14.9 Å². The molecule has 0 fully saturated rings. The van der Waals surface area contributed by atoms with Gasteiger partial charge in [-0.05, 0) is 60.0 Å². The first kappa shape index (κ1) is 18.3. The predicted octanol–water partition coefficient (Wildman–Crippen LogP) is 3.84. The van der Waals surface area contributed by atoms with Gasteiger partial charge in [0, 0.05) is 5.69 Å². The Balaban J connectivity index is 1.73. The summed E-state index contributed by atoms with van der Waals surface area (Å²) in [5, 5.41) is 10.1. The van der Waals surface area contributed by atoms with Crippen LogP contribution in [-0.4, -0.2) is 14.5 Å². The molecule has 2 aliphatic rings. The quantitative estimate of drug-likeness (QED) is 0.459. The van der Waals surface area contributed by atoms with Gasteiger partial charge in [-0.25, -0.2) is 4.79 Å². The van der Waals surface area contributed by atoms with E-state index in [1.54, 1.807) is 41.0 Å². The van der Waals surface area contributed by atoms with Gasteiger partial charge >= 0.3 is 5.69 Å². The molecule has 3 aromatic rings. The molecular weight excluding hydrogens is 392 g/mol. The maximum absolute atomic E-state index is 12.4. The van der Waals surface area contributed by atoms with E-state index in [0.29, 0.717) is 28.3 Å². The van der Waals surface area contributed by atoms with Crippen molar-refractivity contribution in [2.45, 2.75) is 0 Å². The van der Waals surface area contributed by atoms with Crippen LogP contribution in [-0.2, 0) is 0 Å². The van der Waals surface area contributed by atoms with Gasteiger partial charge in [-0.1, -0.05) is 24.3 Å². The summed E-state index contributed by atoms with van der Waals surface area (Å²) in [5.41, 5.74) is 0.813. The molecule has 2 aliphatic heterocycles. The zero-order valence-corrected chi connectivity index (χ0v) is 16.1. The number of nitrogens with one attached hydrogen (secondary N) is 1. The van der Waals surface area contributed by atoms with Crippen LogP contribution in [0, 0.1) is 11.3 Å². The molecule has 0 amide bonds. The molecule has 5 rings (SSSR count). The fourth-order valence-corrected chi connectivity index (χ4v) is 3.50. The normalized spacial score (nSPS) is 10.8. The fourth-order valence-electron chi connectivity index (χ4n) is 3.50. The van der Waals surface area contributed by atoms with Crippen molar-refractivity contribution in [3.63, 3.8) is 0 Å². The fraction of sp³-hybridized carbons (Fsp3) is 0. The van der Waals surface area contributed by atoms with Gasteiger partial charge < -0.3 is 4.74 Å². The summed E-state index contributed by atoms with van der Waals surface area (Å²) in [6.45, 7) is 0. The smallest absolute Gasteiger partial charge is 0.349 e. The van der Waals surface area contributed by atoms with E-state index < -0.39 is 11.2 Å². The molecule has 7 heteroatoms. The molecule has 2 heterocycles. The second kappa shape index (κ2) is 7.28. The van der Waals surface area contributed by atoms with Crippen LogP contribution < -0.4 is 16.0 Å². The van der Waals surface area contributed by atoms with E-state index in [4.69, 9.17) is 4.74 Å². The molecule has 0 saturated heterocycles. The van der Waals surface area contributed by atoms with E-state index in [1.807, 2.05) is 42.5 Å². The van der Waals surface area contributed by atoms with Crippen LogP contribution in [0.5, 0.6) is 11.5 Å². The Morgan fingerprint density at radius 2 is 1.65 bits per heavy atom. The first-order valence-electron chi connectivity index (χ1n) is 9.46. The van der Waals surface area contributed by atoms with Crippen LogP contribution in [0.25, 0.3) is 28.0 Å². The third-order valence-electron chi connectivity index (χ3n) is 4.90. The van der Waals surface area contributed by atoms with Gasteiger partial charge in [0.1, 0.15) is 11.5 Å². The van der Waals surface area contributed by atoms with E-state index in [-0.39, 0.29) is 11.4 Å². The van der Waals surface area contributed by atoms with Crippen molar-refractivity contribution in [1.82, 2.24) is 14.5 Å². The Kier molecular flexibility index (Phi) is 4.31. The van der Waals surface area contributed by atoms with Crippen LogP contribution in [0.3, 0.4) is 0 Å². The molecule has 7 nitrogen and oxygen atoms in total. The topological polar surface area (TPSA) is 101 Å². The number of fused-ring (bicyclic) bond motifs is 2. The highest BCUT2D eigenvalue weighted by Crippen LogP contribution is 2.30. The molecule has 3 aromatic carbocycles. The number of ether oxygens (including phenoxy) is 1. The third kappa shape index (κ3) is 3.32. The van der Waals surface area contributed by atoms with E-state index in [1.165, 1.54) is 0 Å². The van der Waals surface area contributed by atoms with Gasteiger partial charge in [0.15, 0.2) is 5.82 Å². The predicted molar refractivity (Wildman–Crippen MR) is 116 cm³/mol. The van der Waals surface area contributed by atoms with Crippen LogP contribution in [0.1, 0.15) is 5.56 Å². The molecule has 0 unspecified atom stereocenters. The Morgan fingerprint density at radius 3 is 2.39 bits per heavy atom. The molecule has 0 radical (unpaired) electrons. The Labute approximate surface area is 175 Å². The molecule has 0 spiro atoms. The number of hydrogen-bond donors (Lipinski definition) is 1. The molecule has 0 aromatic heterocycles. The lowest BCUT2D eigenvalue weighted by Gasteiger charge is -2.18. The van der Waals surface area contributed by atoms with Crippen molar-refractivity contribution < 1.29 is 4.74 Å². The van der Waals surface area contributed by atoms with Gasteiger partial charge in [-0.3, -0.25) is 14.3 Å². The summed E-state index contributed by atoms with van der Waals surface area (Å²) in [6, 6.07) is 25.5. The summed E-state index contributed by atoms with van der Waals surface area (Å²) in [4.78, 5) is 30.6. The number of nitriles is 1. The van der Waals surface area contributed by atoms with Crippen LogP contribution >= 0.6 is 0 Å². The monoisotopic (exact) mass is 406 g/mol. The number of aromatic amines is 1. The van der Waals surface area contributed by atoms with E-state index >= 15 is 0 Å². The molecule has 0 atom stereocenters. The number of H-pyrrole nitrogens is 1. The number of pyridine rings is 1. The van der Waals surface area contributed by atoms with Gasteiger partial charge in [-0.15, -0.1) is 0 Å². The van der Waals surface area contributed by atoms with Crippen molar-refractivity contribution in [2.24, 2.45) is 0 Å². The van der Waals surface area contributed by atoms with Crippen molar-refractivity contribution in [3.05, 3.63) is 105 Å². The highest BCUT2D eigenvalue weighted by atomic mass is 16.5.